The van der Waals surface area contributed by atoms with E-state index in [2.05, 4.69) is 23.6 Å². The van der Waals surface area contributed by atoms with Crippen LogP contribution in [0.15, 0.2) is 48.5 Å². The molecule has 0 aliphatic heterocycles. The number of hydrogen-bond donors (Lipinski definition) is 2. The van der Waals surface area contributed by atoms with Crippen LogP contribution in [0, 0.1) is 13.8 Å². The van der Waals surface area contributed by atoms with Gasteiger partial charge in [-0.3, -0.25) is 4.79 Å². The molecule has 3 nitrogen and oxygen atoms in total. The van der Waals surface area contributed by atoms with Gasteiger partial charge in [-0.25, -0.2) is 0 Å². The van der Waals surface area contributed by atoms with Gasteiger partial charge in [-0.2, -0.15) is 0 Å². The summed E-state index contributed by atoms with van der Waals surface area (Å²) in [6, 6.07) is 15.3. The monoisotopic (exact) mass is 268 g/mol. The van der Waals surface area contributed by atoms with E-state index in [1.807, 2.05) is 56.3 Å². The molecule has 0 bridgehead atoms. The summed E-state index contributed by atoms with van der Waals surface area (Å²) in [5.74, 6) is -0.0452. The largest absolute Gasteiger partial charge is 0.374 e. The van der Waals surface area contributed by atoms with E-state index in [1.54, 1.807) is 0 Å². The first-order chi connectivity index (χ1) is 9.56. The van der Waals surface area contributed by atoms with Crippen LogP contribution in [0.4, 0.5) is 11.4 Å². The Labute approximate surface area is 120 Å². The predicted molar refractivity (Wildman–Crippen MR) is 84.1 cm³/mol. The van der Waals surface area contributed by atoms with Gasteiger partial charge in [-0.05, 0) is 44.5 Å². The maximum Gasteiger partial charge on any atom is 0.246 e. The maximum atomic E-state index is 12.1. The molecule has 104 valence electrons. The van der Waals surface area contributed by atoms with Gasteiger partial charge in [0, 0.05) is 11.4 Å². The molecule has 2 aromatic carbocycles. The molecule has 1 unspecified atom stereocenters. The lowest BCUT2D eigenvalue weighted by Crippen LogP contribution is -2.32. The molecular formula is C17H20N2O. The molecule has 0 aliphatic rings. The average Bonchev–Trinajstić information content (AvgIpc) is 2.43. The van der Waals surface area contributed by atoms with Crippen LogP contribution in [0.25, 0.3) is 0 Å². The normalized spacial score (nSPS) is 11.8. The van der Waals surface area contributed by atoms with Crippen LogP contribution >= 0.6 is 0 Å². The van der Waals surface area contributed by atoms with Crippen molar-refractivity contribution in [2.75, 3.05) is 10.6 Å². The van der Waals surface area contributed by atoms with Gasteiger partial charge in [0.1, 0.15) is 6.04 Å². The number of carbonyl (C=O) groups is 1. The number of benzene rings is 2. The lowest BCUT2D eigenvalue weighted by atomic mass is 10.1. The standard InChI is InChI=1S/C17H20N2O/c1-12-9-10-16(13(2)11-12)18-14(3)17(20)19-15-7-5-4-6-8-15/h4-11,14,18H,1-3H3,(H,19,20). The van der Waals surface area contributed by atoms with Gasteiger partial charge >= 0.3 is 0 Å². The molecule has 0 radical (unpaired) electrons. The zero-order valence-corrected chi connectivity index (χ0v) is 12.1. The second kappa shape index (κ2) is 6.24. The van der Waals surface area contributed by atoms with E-state index < -0.39 is 0 Å². The van der Waals surface area contributed by atoms with Gasteiger partial charge in [0.25, 0.3) is 0 Å². The molecule has 0 heterocycles. The van der Waals surface area contributed by atoms with Crippen LogP contribution < -0.4 is 10.6 Å². The summed E-state index contributed by atoms with van der Waals surface area (Å²) in [6.07, 6.45) is 0. The summed E-state index contributed by atoms with van der Waals surface area (Å²) >= 11 is 0. The minimum atomic E-state index is -0.295. The molecule has 0 saturated carbocycles. The summed E-state index contributed by atoms with van der Waals surface area (Å²) in [5.41, 5.74) is 4.16. The Morgan fingerprint density at radius 3 is 2.40 bits per heavy atom. The molecule has 1 amide bonds. The first-order valence-corrected chi connectivity index (χ1v) is 6.76. The number of amides is 1. The molecule has 0 spiro atoms. The lowest BCUT2D eigenvalue weighted by Gasteiger charge is -2.17. The summed E-state index contributed by atoms with van der Waals surface area (Å²) in [7, 11) is 0. The van der Waals surface area contributed by atoms with Crippen molar-refractivity contribution in [1.29, 1.82) is 0 Å². The molecule has 1 atom stereocenters. The van der Waals surface area contributed by atoms with E-state index in [-0.39, 0.29) is 11.9 Å². The fourth-order valence-electron chi connectivity index (χ4n) is 2.05. The van der Waals surface area contributed by atoms with E-state index in [4.69, 9.17) is 0 Å². The molecule has 2 N–H and O–H groups in total. The minimum absolute atomic E-state index is 0.0452. The van der Waals surface area contributed by atoms with Crippen LogP contribution in [-0.2, 0) is 4.79 Å². The summed E-state index contributed by atoms with van der Waals surface area (Å²) < 4.78 is 0. The first kappa shape index (κ1) is 14.1. The molecule has 2 aromatic rings. The second-order valence-electron chi connectivity index (χ2n) is 5.04. The number of carbonyl (C=O) groups excluding carboxylic acids is 1. The van der Waals surface area contributed by atoms with Crippen molar-refractivity contribution in [2.24, 2.45) is 0 Å². The highest BCUT2D eigenvalue weighted by atomic mass is 16.2. The minimum Gasteiger partial charge on any atom is -0.374 e. The summed E-state index contributed by atoms with van der Waals surface area (Å²) in [6.45, 7) is 5.96. The highest BCUT2D eigenvalue weighted by Crippen LogP contribution is 2.17. The number of anilines is 2. The molecule has 0 aliphatic carbocycles. The SMILES string of the molecule is Cc1ccc(NC(C)C(=O)Nc2ccccc2)c(C)c1. The Balaban J connectivity index is 2.00. The van der Waals surface area contributed by atoms with Crippen molar-refractivity contribution in [1.82, 2.24) is 0 Å². The Kier molecular flexibility index (Phi) is 4.41. The van der Waals surface area contributed by atoms with Gasteiger partial charge in [-0.15, -0.1) is 0 Å². The maximum absolute atomic E-state index is 12.1. The second-order valence-corrected chi connectivity index (χ2v) is 5.04. The van der Waals surface area contributed by atoms with E-state index in [1.165, 1.54) is 5.56 Å². The van der Waals surface area contributed by atoms with Crippen molar-refractivity contribution >= 4 is 17.3 Å². The average molecular weight is 268 g/mol. The molecule has 2 rings (SSSR count). The lowest BCUT2D eigenvalue weighted by molar-refractivity contribution is -0.116. The van der Waals surface area contributed by atoms with Crippen LogP contribution in [-0.4, -0.2) is 11.9 Å². The Hall–Kier alpha value is -2.29. The van der Waals surface area contributed by atoms with E-state index in [0.717, 1.165) is 16.9 Å². The molecule has 0 aromatic heterocycles. The molecule has 3 heteroatoms. The third kappa shape index (κ3) is 3.60. The fourth-order valence-corrected chi connectivity index (χ4v) is 2.05. The zero-order chi connectivity index (χ0) is 14.5. The number of nitrogens with one attached hydrogen (secondary N) is 2. The van der Waals surface area contributed by atoms with Crippen molar-refractivity contribution < 1.29 is 4.79 Å². The predicted octanol–water partition coefficient (Wildman–Crippen LogP) is 3.74. The third-order valence-corrected chi connectivity index (χ3v) is 3.19. The highest BCUT2D eigenvalue weighted by molar-refractivity contribution is 5.96. The fraction of sp³-hybridized carbons (Fsp3) is 0.235. The summed E-state index contributed by atoms with van der Waals surface area (Å²) in [5, 5.41) is 6.14. The van der Waals surface area contributed by atoms with Crippen molar-refractivity contribution in [3.63, 3.8) is 0 Å². The Bertz CT molecular complexity index is 593. The van der Waals surface area contributed by atoms with E-state index in [0.29, 0.717) is 0 Å². The van der Waals surface area contributed by atoms with Crippen molar-refractivity contribution in [2.45, 2.75) is 26.8 Å². The van der Waals surface area contributed by atoms with Gasteiger partial charge < -0.3 is 10.6 Å². The number of para-hydroxylation sites is 1. The summed E-state index contributed by atoms with van der Waals surface area (Å²) in [4.78, 5) is 12.1. The molecule has 20 heavy (non-hydrogen) atoms. The zero-order valence-electron chi connectivity index (χ0n) is 12.1. The molecule has 0 saturated heterocycles. The number of aryl methyl sites for hydroxylation is 2. The quantitative estimate of drug-likeness (QED) is 0.886. The van der Waals surface area contributed by atoms with E-state index in [9.17, 15) is 4.79 Å². The number of hydrogen-bond acceptors (Lipinski definition) is 2. The van der Waals surface area contributed by atoms with Crippen LogP contribution in [0.1, 0.15) is 18.1 Å². The Morgan fingerprint density at radius 2 is 1.75 bits per heavy atom. The molecule has 0 fully saturated rings. The Morgan fingerprint density at radius 1 is 1.05 bits per heavy atom. The molecular weight excluding hydrogens is 248 g/mol. The van der Waals surface area contributed by atoms with Gasteiger partial charge in [0.05, 0.1) is 0 Å². The van der Waals surface area contributed by atoms with Gasteiger partial charge in [-0.1, -0.05) is 35.9 Å². The smallest absolute Gasteiger partial charge is 0.246 e. The van der Waals surface area contributed by atoms with Crippen LogP contribution in [0.5, 0.6) is 0 Å². The number of rotatable bonds is 4. The van der Waals surface area contributed by atoms with Crippen molar-refractivity contribution in [3.8, 4) is 0 Å². The van der Waals surface area contributed by atoms with E-state index >= 15 is 0 Å². The van der Waals surface area contributed by atoms with Crippen molar-refractivity contribution in [3.05, 3.63) is 59.7 Å². The highest BCUT2D eigenvalue weighted by Gasteiger charge is 2.13. The third-order valence-electron chi connectivity index (χ3n) is 3.19. The first-order valence-electron chi connectivity index (χ1n) is 6.76. The van der Waals surface area contributed by atoms with Crippen LogP contribution in [0.2, 0.25) is 0 Å². The van der Waals surface area contributed by atoms with Crippen LogP contribution in [0.3, 0.4) is 0 Å². The van der Waals surface area contributed by atoms with Gasteiger partial charge in [0.2, 0.25) is 5.91 Å². The topological polar surface area (TPSA) is 41.1 Å². The van der Waals surface area contributed by atoms with Gasteiger partial charge in [0.15, 0.2) is 0 Å².